The van der Waals surface area contributed by atoms with Gasteiger partial charge < -0.3 is 15.2 Å². The number of nitrogens with one attached hydrogen (secondary N) is 1. The highest BCUT2D eigenvalue weighted by molar-refractivity contribution is 5.88. The second kappa shape index (κ2) is 7.28. The van der Waals surface area contributed by atoms with Crippen LogP contribution in [0.1, 0.15) is 18.5 Å². The van der Waals surface area contributed by atoms with E-state index in [9.17, 15) is 13.9 Å². The Bertz CT molecular complexity index is 1150. The van der Waals surface area contributed by atoms with Gasteiger partial charge in [0.05, 0.1) is 23.9 Å². The smallest absolute Gasteiger partial charge is 0.264 e. The van der Waals surface area contributed by atoms with E-state index in [1.165, 1.54) is 13.3 Å². The van der Waals surface area contributed by atoms with Crippen molar-refractivity contribution in [2.75, 3.05) is 7.11 Å². The molecule has 160 valence electrons. The number of aromatic nitrogens is 4. The van der Waals surface area contributed by atoms with Gasteiger partial charge >= 0.3 is 0 Å². The molecule has 2 aliphatic rings. The van der Waals surface area contributed by atoms with Gasteiger partial charge in [-0.2, -0.15) is 0 Å². The summed E-state index contributed by atoms with van der Waals surface area (Å²) in [6.07, 6.45) is 4.35. The van der Waals surface area contributed by atoms with Gasteiger partial charge in [-0.3, -0.25) is 4.98 Å². The van der Waals surface area contributed by atoms with Gasteiger partial charge in [0.1, 0.15) is 11.4 Å². The van der Waals surface area contributed by atoms with Gasteiger partial charge in [-0.05, 0) is 35.6 Å². The molecule has 4 atom stereocenters. The molecule has 0 aliphatic carbocycles. The summed E-state index contributed by atoms with van der Waals surface area (Å²) in [5, 5.41) is 23.4. The van der Waals surface area contributed by atoms with Crippen molar-refractivity contribution in [1.82, 2.24) is 25.5 Å². The van der Waals surface area contributed by atoms with Crippen molar-refractivity contribution in [2.45, 2.75) is 37.0 Å². The van der Waals surface area contributed by atoms with Crippen LogP contribution in [0.4, 0.5) is 8.78 Å². The number of phenolic OH excluding ortho intramolecular Hbond substituents is 1. The van der Waals surface area contributed by atoms with E-state index < -0.39 is 24.1 Å². The summed E-state index contributed by atoms with van der Waals surface area (Å²) in [4.78, 5) is 8.39. The minimum absolute atomic E-state index is 0.0190. The predicted octanol–water partition coefficient (Wildman–Crippen LogP) is 3.21. The molecule has 2 unspecified atom stereocenters. The van der Waals surface area contributed by atoms with E-state index in [1.54, 1.807) is 24.5 Å². The second-order valence-corrected chi connectivity index (χ2v) is 8.12. The largest absolute Gasteiger partial charge is 0.507 e. The fourth-order valence-electron chi connectivity index (χ4n) is 4.70. The SMILES string of the molecule is C=C(c1cnc(-c2cc3ccncc3cc2O)nn1)[C@H]1CC2NC(CC2(F)F)[C@@H]1OC. The maximum Gasteiger partial charge on any atom is 0.264 e. The predicted molar refractivity (Wildman–Crippen MR) is 110 cm³/mol. The van der Waals surface area contributed by atoms with Crippen molar-refractivity contribution in [3.8, 4) is 17.1 Å². The van der Waals surface area contributed by atoms with Gasteiger partial charge in [-0.25, -0.2) is 13.8 Å². The lowest BCUT2D eigenvalue weighted by Gasteiger charge is -2.37. The number of methoxy groups -OCH3 is 1. The average molecular weight is 425 g/mol. The standard InChI is InChI=1S/C22H21F2N5O2/c1-11(14-7-19-22(23,24)8-16(27-19)20(14)31-2)17-10-26-21(29-28-17)15-5-12-3-4-25-9-13(12)6-18(15)30/h3-6,9-10,14,16,19-20,27,30H,1,7-8H2,2H3/t14-,16?,19?,20-/m1/s1. The maximum absolute atomic E-state index is 14.2. The summed E-state index contributed by atoms with van der Waals surface area (Å²) in [7, 11) is 1.52. The van der Waals surface area contributed by atoms with Crippen LogP contribution in [0, 0.1) is 5.92 Å². The Morgan fingerprint density at radius 2 is 2.10 bits per heavy atom. The van der Waals surface area contributed by atoms with Crippen molar-refractivity contribution in [3.05, 3.63) is 49.1 Å². The summed E-state index contributed by atoms with van der Waals surface area (Å²) in [6, 6.07) is 3.85. The van der Waals surface area contributed by atoms with E-state index in [0.717, 1.165) is 10.8 Å². The van der Waals surface area contributed by atoms with Crippen molar-refractivity contribution < 1.29 is 18.6 Å². The molecule has 1 aromatic carbocycles. The first-order valence-corrected chi connectivity index (χ1v) is 10.00. The highest BCUT2D eigenvalue weighted by Gasteiger charge is 2.57. The third-order valence-electron chi connectivity index (χ3n) is 6.31. The molecule has 31 heavy (non-hydrogen) atoms. The monoisotopic (exact) mass is 425 g/mol. The van der Waals surface area contributed by atoms with Crippen LogP contribution in [-0.4, -0.2) is 56.5 Å². The first-order valence-electron chi connectivity index (χ1n) is 10.00. The van der Waals surface area contributed by atoms with Gasteiger partial charge in [0.2, 0.25) is 0 Å². The molecule has 0 spiro atoms. The number of pyridine rings is 1. The number of fused-ring (bicyclic) bond motifs is 3. The minimum atomic E-state index is -2.77. The van der Waals surface area contributed by atoms with E-state index in [1.807, 2.05) is 6.07 Å². The molecule has 2 aromatic heterocycles. The number of halogens is 2. The van der Waals surface area contributed by atoms with Crippen LogP contribution < -0.4 is 5.32 Å². The van der Waals surface area contributed by atoms with Crippen LogP contribution in [0.5, 0.6) is 5.75 Å². The minimum Gasteiger partial charge on any atom is -0.507 e. The zero-order valence-corrected chi connectivity index (χ0v) is 16.8. The summed E-state index contributed by atoms with van der Waals surface area (Å²) in [6.45, 7) is 4.10. The Balaban J connectivity index is 1.43. The van der Waals surface area contributed by atoms with Crippen LogP contribution in [0.2, 0.25) is 0 Å². The number of phenols is 1. The van der Waals surface area contributed by atoms with Crippen LogP contribution in [-0.2, 0) is 4.74 Å². The van der Waals surface area contributed by atoms with Crippen molar-refractivity contribution in [2.24, 2.45) is 5.92 Å². The molecule has 2 bridgehead atoms. The topological polar surface area (TPSA) is 93.1 Å². The molecule has 9 heteroatoms. The molecule has 4 heterocycles. The van der Waals surface area contributed by atoms with Crippen LogP contribution in [0.15, 0.2) is 43.4 Å². The summed E-state index contributed by atoms with van der Waals surface area (Å²) < 4.78 is 34.0. The lowest BCUT2D eigenvalue weighted by molar-refractivity contribution is -0.0153. The molecule has 0 amide bonds. The van der Waals surface area contributed by atoms with Crippen molar-refractivity contribution in [3.63, 3.8) is 0 Å². The average Bonchev–Trinajstić information content (AvgIpc) is 3.01. The van der Waals surface area contributed by atoms with Crippen molar-refractivity contribution in [1.29, 1.82) is 0 Å². The van der Waals surface area contributed by atoms with Crippen molar-refractivity contribution >= 4 is 16.3 Å². The van der Waals surface area contributed by atoms with Gasteiger partial charge in [-0.1, -0.05) is 6.58 Å². The Morgan fingerprint density at radius 3 is 2.84 bits per heavy atom. The second-order valence-electron chi connectivity index (χ2n) is 8.12. The zero-order valence-electron chi connectivity index (χ0n) is 16.8. The fourth-order valence-corrected chi connectivity index (χ4v) is 4.70. The molecule has 0 radical (unpaired) electrons. The highest BCUT2D eigenvalue weighted by atomic mass is 19.3. The molecule has 2 saturated heterocycles. The number of nitrogens with zero attached hydrogens (tertiary/aromatic N) is 4. The first kappa shape index (κ1) is 19.9. The molecule has 2 fully saturated rings. The molecule has 5 rings (SSSR count). The quantitative estimate of drug-likeness (QED) is 0.663. The van der Waals surface area contributed by atoms with Crippen LogP contribution >= 0.6 is 0 Å². The van der Waals surface area contributed by atoms with E-state index in [2.05, 4.69) is 32.1 Å². The normalized spacial score (nSPS) is 26.8. The molecular formula is C22H21F2N5O2. The van der Waals surface area contributed by atoms with Gasteiger partial charge in [-0.15, -0.1) is 10.2 Å². The highest BCUT2D eigenvalue weighted by Crippen LogP contribution is 2.45. The number of alkyl halides is 2. The lowest BCUT2D eigenvalue weighted by atomic mass is 9.82. The lowest BCUT2D eigenvalue weighted by Crippen LogP contribution is -2.51. The molecular weight excluding hydrogens is 404 g/mol. The number of piperidine rings is 1. The molecule has 2 aliphatic heterocycles. The Labute approximate surface area is 177 Å². The zero-order chi connectivity index (χ0) is 21.8. The number of benzene rings is 1. The third kappa shape index (κ3) is 3.34. The van der Waals surface area contributed by atoms with E-state index in [4.69, 9.17) is 4.74 Å². The Morgan fingerprint density at radius 1 is 1.26 bits per heavy atom. The van der Waals surface area contributed by atoms with Crippen LogP contribution in [0.25, 0.3) is 27.7 Å². The first-order chi connectivity index (χ1) is 14.9. The number of rotatable bonds is 4. The molecule has 7 nitrogen and oxygen atoms in total. The summed E-state index contributed by atoms with van der Waals surface area (Å²) in [5.74, 6) is -2.82. The van der Waals surface area contributed by atoms with E-state index >= 15 is 0 Å². The van der Waals surface area contributed by atoms with Crippen LogP contribution in [0.3, 0.4) is 0 Å². The fraction of sp³-hybridized carbons (Fsp3) is 0.364. The van der Waals surface area contributed by atoms with E-state index in [0.29, 0.717) is 16.8 Å². The van der Waals surface area contributed by atoms with E-state index in [-0.39, 0.29) is 30.3 Å². The van der Waals surface area contributed by atoms with Gasteiger partial charge in [0.25, 0.3) is 5.92 Å². The molecule has 3 aromatic rings. The number of hydrogen-bond acceptors (Lipinski definition) is 7. The number of aromatic hydroxyl groups is 1. The molecule has 2 N–H and O–H groups in total. The summed E-state index contributed by atoms with van der Waals surface area (Å²) in [5.41, 5.74) is 1.43. The number of ether oxygens (including phenoxy) is 1. The third-order valence-corrected chi connectivity index (χ3v) is 6.31. The molecule has 0 saturated carbocycles. The summed E-state index contributed by atoms with van der Waals surface area (Å²) >= 11 is 0. The van der Waals surface area contributed by atoms with Gasteiger partial charge in [0, 0.05) is 43.3 Å². The maximum atomic E-state index is 14.2. The Kier molecular flexibility index (Phi) is 4.67. The Hall–Kier alpha value is -3.04. The number of hydrogen-bond donors (Lipinski definition) is 2. The van der Waals surface area contributed by atoms with Gasteiger partial charge in [0.15, 0.2) is 5.82 Å².